The Hall–Kier alpha value is -1.36. The van der Waals surface area contributed by atoms with Gasteiger partial charge in [-0.1, -0.05) is 12.8 Å². The predicted molar refractivity (Wildman–Crippen MR) is 77.7 cm³/mol. The maximum absolute atomic E-state index is 5.02. The van der Waals surface area contributed by atoms with Gasteiger partial charge in [0.1, 0.15) is 5.82 Å². The molecule has 0 aromatic carbocycles. The lowest BCUT2D eigenvalue weighted by molar-refractivity contribution is 0.197. The van der Waals surface area contributed by atoms with Crippen molar-refractivity contribution >= 4 is 11.8 Å². The van der Waals surface area contributed by atoms with Gasteiger partial charge < -0.3 is 15.0 Å². The number of nitrogens with zero attached hydrogens (tertiary/aromatic N) is 3. The van der Waals surface area contributed by atoms with Crippen LogP contribution in [-0.4, -0.2) is 43.3 Å². The van der Waals surface area contributed by atoms with Crippen molar-refractivity contribution in [1.82, 2.24) is 9.97 Å². The predicted octanol–water partition coefficient (Wildman–Crippen LogP) is 2.31. The first kappa shape index (κ1) is 14.1. The third kappa shape index (κ3) is 4.67. The van der Waals surface area contributed by atoms with E-state index in [1.54, 1.807) is 7.11 Å². The molecular formula is C14H24N4O. The van der Waals surface area contributed by atoms with E-state index in [1.165, 1.54) is 25.7 Å². The van der Waals surface area contributed by atoms with Gasteiger partial charge in [-0.05, 0) is 25.3 Å². The second-order valence-electron chi connectivity index (χ2n) is 4.91. The van der Waals surface area contributed by atoms with Gasteiger partial charge in [0.2, 0.25) is 5.95 Å². The molecule has 2 heterocycles. The summed E-state index contributed by atoms with van der Waals surface area (Å²) in [6.07, 6.45) is 8.01. The molecule has 1 saturated heterocycles. The molecule has 0 unspecified atom stereocenters. The van der Waals surface area contributed by atoms with Crippen LogP contribution >= 0.6 is 0 Å². The molecule has 1 aliphatic rings. The maximum atomic E-state index is 5.02. The van der Waals surface area contributed by atoms with Crippen molar-refractivity contribution in [3.8, 4) is 0 Å². The van der Waals surface area contributed by atoms with Crippen LogP contribution in [0.25, 0.3) is 0 Å². The Morgan fingerprint density at radius 2 is 2.05 bits per heavy atom. The summed E-state index contributed by atoms with van der Waals surface area (Å²) in [4.78, 5) is 11.2. The van der Waals surface area contributed by atoms with Gasteiger partial charge in [-0.3, -0.25) is 0 Å². The number of methoxy groups -OCH3 is 1. The van der Waals surface area contributed by atoms with Crippen LogP contribution in [0.2, 0.25) is 0 Å². The first-order chi connectivity index (χ1) is 9.40. The van der Waals surface area contributed by atoms with Gasteiger partial charge >= 0.3 is 0 Å². The smallest absolute Gasteiger partial charge is 0.224 e. The summed E-state index contributed by atoms with van der Waals surface area (Å²) in [7, 11) is 1.72. The minimum atomic E-state index is 0.720. The first-order valence-electron chi connectivity index (χ1n) is 7.21. The number of aromatic nitrogens is 2. The van der Waals surface area contributed by atoms with Crippen molar-refractivity contribution in [1.29, 1.82) is 0 Å². The molecule has 0 saturated carbocycles. The highest BCUT2D eigenvalue weighted by molar-refractivity contribution is 5.42. The molecule has 1 N–H and O–H groups in total. The fraction of sp³-hybridized carbons (Fsp3) is 0.714. The van der Waals surface area contributed by atoms with Gasteiger partial charge in [0.05, 0.1) is 0 Å². The summed E-state index contributed by atoms with van der Waals surface area (Å²) in [5.74, 6) is 1.77. The Kier molecular flexibility index (Phi) is 5.88. The molecule has 0 radical (unpaired) electrons. The molecule has 1 aliphatic heterocycles. The van der Waals surface area contributed by atoms with Crippen molar-refractivity contribution < 1.29 is 4.74 Å². The van der Waals surface area contributed by atoms with Gasteiger partial charge in [0.15, 0.2) is 0 Å². The Balaban J connectivity index is 1.90. The van der Waals surface area contributed by atoms with E-state index in [2.05, 4.69) is 20.2 Å². The molecule has 0 spiro atoms. The molecular weight excluding hydrogens is 240 g/mol. The molecule has 2 rings (SSSR count). The van der Waals surface area contributed by atoms with Gasteiger partial charge in [0, 0.05) is 39.5 Å². The molecule has 19 heavy (non-hydrogen) atoms. The third-order valence-corrected chi connectivity index (χ3v) is 3.38. The van der Waals surface area contributed by atoms with Crippen LogP contribution in [0.5, 0.6) is 0 Å². The largest absolute Gasteiger partial charge is 0.385 e. The number of hydrogen-bond donors (Lipinski definition) is 1. The van der Waals surface area contributed by atoms with Crippen LogP contribution in [0, 0.1) is 0 Å². The molecule has 0 bridgehead atoms. The summed E-state index contributed by atoms with van der Waals surface area (Å²) in [5.41, 5.74) is 0. The Bertz CT molecular complexity index is 364. The zero-order valence-corrected chi connectivity index (χ0v) is 11.8. The number of rotatable bonds is 6. The number of hydrogen-bond acceptors (Lipinski definition) is 5. The molecule has 0 atom stereocenters. The van der Waals surface area contributed by atoms with Crippen LogP contribution in [0.3, 0.4) is 0 Å². The van der Waals surface area contributed by atoms with E-state index in [4.69, 9.17) is 4.74 Å². The molecule has 106 valence electrons. The topological polar surface area (TPSA) is 50.3 Å². The van der Waals surface area contributed by atoms with E-state index in [9.17, 15) is 0 Å². The van der Waals surface area contributed by atoms with Crippen LogP contribution < -0.4 is 10.2 Å². The van der Waals surface area contributed by atoms with Crippen molar-refractivity contribution in [3.05, 3.63) is 12.3 Å². The molecule has 1 fully saturated rings. The fourth-order valence-electron chi connectivity index (χ4n) is 2.33. The summed E-state index contributed by atoms with van der Waals surface area (Å²) < 4.78 is 5.02. The molecule has 0 amide bonds. The van der Waals surface area contributed by atoms with E-state index in [0.717, 1.165) is 44.4 Å². The van der Waals surface area contributed by atoms with Crippen LogP contribution in [0.4, 0.5) is 11.8 Å². The highest BCUT2D eigenvalue weighted by Gasteiger charge is 2.11. The Morgan fingerprint density at radius 3 is 2.79 bits per heavy atom. The molecule has 1 aromatic rings. The molecule has 5 nitrogen and oxygen atoms in total. The lowest BCUT2D eigenvalue weighted by Gasteiger charge is -2.21. The van der Waals surface area contributed by atoms with Crippen molar-refractivity contribution in [2.75, 3.05) is 43.6 Å². The third-order valence-electron chi connectivity index (χ3n) is 3.38. The van der Waals surface area contributed by atoms with Gasteiger partial charge in [-0.2, -0.15) is 4.98 Å². The number of ether oxygens (including phenoxy) is 1. The van der Waals surface area contributed by atoms with Crippen LogP contribution in [0.1, 0.15) is 32.1 Å². The quantitative estimate of drug-likeness (QED) is 0.799. The van der Waals surface area contributed by atoms with Crippen LogP contribution in [0.15, 0.2) is 12.3 Å². The summed E-state index contributed by atoms with van der Waals surface area (Å²) in [5, 5.41) is 3.25. The second kappa shape index (κ2) is 7.94. The van der Waals surface area contributed by atoms with Crippen LogP contribution in [-0.2, 0) is 4.74 Å². The van der Waals surface area contributed by atoms with E-state index in [1.807, 2.05) is 12.3 Å². The van der Waals surface area contributed by atoms with Gasteiger partial charge in [-0.25, -0.2) is 4.98 Å². The minimum Gasteiger partial charge on any atom is -0.385 e. The van der Waals surface area contributed by atoms with Crippen molar-refractivity contribution in [2.24, 2.45) is 0 Å². The highest BCUT2D eigenvalue weighted by atomic mass is 16.5. The lowest BCUT2D eigenvalue weighted by Crippen LogP contribution is -2.25. The average Bonchev–Trinajstić information content (AvgIpc) is 2.73. The first-order valence-corrected chi connectivity index (χ1v) is 7.21. The molecule has 0 aliphatic carbocycles. The van der Waals surface area contributed by atoms with Gasteiger partial charge in [-0.15, -0.1) is 0 Å². The average molecular weight is 264 g/mol. The highest BCUT2D eigenvalue weighted by Crippen LogP contribution is 2.17. The minimum absolute atomic E-state index is 0.720. The fourth-order valence-corrected chi connectivity index (χ4v) is 2.33. The lowest BCUT2D eigenvalue weighted by atomic mass is 10.2. The Labute approximate surface area is 115 Å². The SMILES string of the molecule is COCCCNc1nccc(N2CCCCCC2)n1. The molecule has 1 aromatic heterocycles. The Morgan fingerprint density at radius 1 is 1.26 bits per heavy atom. The normalized spacial score (nSPS) is 16.2. The van der Waals surface area contributed by atoms with E-state index in [-0.39, 0.29) is 0 Å². The van der Waals surface area contributed by atoms with Crippen molar-refractivity contribution in [2.45, 2.75) is 32.1 Å². The zero-order chi connectivity index (χ0) is 13.3. The van der Waals surface area contributed by atoms with E-state index in [0.29, 0.717) is 0 Å². The van der Waals surface area contributed by atoms with Gasteiger partial charge in [0.25, 0.3) is 0 Å². The monoisotopic (exact) mass is 264 g/mol. The van der Waals surface area contributed by atoms with Crippen molar-refractivity contribution in [3.63, 3.8) is 0 Å². The second-order valence-corrected chi connectivity index (χ2v) is 4.91. The van der Waals surface area contributed by atoms with E-state index < -0.39 is 0 Å². The zero-order valence-electron chi connectivity index (χ0n) is 11.8. The summed E-state index contributed by atoms with van der Waals surface area (Å²) in [6, 6.07) is 2.01. The van der Waals surface area contributed by atoms with E-state index >= 15 is 0 Å². The standard InChI is InChI=1S/C14H24N4O/c1-19-12-6-8-15-14-16-9-7-13(17-14)18-10-4-2-3-5-11-18/h7,9H,2-6,8,10-12H2,1H3,(H,15,16,17). The molecule has 5 heteroatoms. The number of anilines is 2. The summed E-state index contributed by atoms with van der Waals surface area (Å²) in [6.45, 7) is 3.83. The maximum Gasteiger partial charge on any atom is 0.224 e. The summed E-state index contributed by atoms with van der Waals surface area (Å²) >= 11 is 0. The number of nitrogens with one attached hydrogen (secondary N) is 1.